The maximum Gasteiger partial charge on any atom is 0.220 e. The molecule has 1 rings (SSSR count). The lowest BCUT2D eigenvalue weighted by molar-refractivity contribution is -0.121. The van der Waals surface area contributed by atoms with Crippen LogP contribution in [0.4, 0.5) is 0 Å². The van der Waals surface area contributed by atoms with Crippen LogP contribution in [0.25, 0.3) is 0 Å². The van der Waals surface area contributed by atoms with Gasteiger partial charge in [-0.15, -0.1) is 0 Å². The fourth-order valence-corrected chi connectivity index (χ4v) is 0.724. The molecule has 0 atom stereocenters. The number of furan rings is 1. The van der Waals surface area contributed by atoms with Gasteiger partial charge in [0.15, 0.2) is 0 Å². The van der Waals surface area contributed by atoms with Crippen LogP contribution in [0.15, 0.2) is 22.8 Å². The minimum Gasteiger partial charge on any atom is -0.467 e. The molecule has 0 aliphatic rings. The van der Waals surface area contributed by atoms with Gasteiger partial charge in [-0.3, -0.25) is 4.79 Å². The van der Waals surface area contributed by atoms with Crippen molar-refractivity contribution in [2.45, 2.75) is 19.9 Å². The molecule has 0 spiro atoms. The van der Waals surface area contributed by atoms with E-state index in [2.05, 4.69) is 5.32 Å². The Labute approximate surface area is 66.9 Å². The molecule has 3 nitrogen and oxygen atoms in total. The summed E-state index contributed by atoms with van der Waals surface area (Å²) in [7, 11) is 0. The number of nitrogens with one attached hydrogen (secondary N) is 1. The first-order valence-electron chi connectivity index (χ1n) is 3.62. The van der Waals surface area contributed by atoms with Gasteiger partial charge in [-0.2, -0.15) is 0 Å². The lowest BCUT2D eigenvalue weighted by Crippen LogP contribution is -2.20. The van der Waals surface area contributed by atoms with E-state index in [1.54, 1.807) is 12.3 Å². The number of carbonyl (C=O) groups excluding carboxylic acids is 1. The second-order valence-electron chi connectivity index (χ2n) is 2.21. The first-order valence-corrected chi connectivity index (χ1v) is 3.62. The van der Waals surface area contributed by atoms with Gasteiger partial charge in [-0.25, -0.2) is 0 Å². The Balaban J connectivity index is 0.00000121. The highest BCUT2D eigenvalue weighted by molar-refractivity contribution is 5.75. The summed E-state index contributed by atoms with van der Waals surface area (Å²) in [6.45, 7) is 2.30. The molecule has 1 heterocycles. The molecule has 0 aliphatic heterocycles. The van der Waals surface area contributed by atoms with E-state index >= 15 is 0 Å². The molecule has 0 saturated carbocycles. The molecule has 1 N–H and O–H groups in total. The van der Waals surface area contributed by atoms with Crippen LogP contribution in [0.1, 0.15) is 20.5 Å². The number of amides is 1. The zero-order valence-electron chi connectivity index (χ0n) is 6.46. The van der Waals surface area contributed by atoms with Crippen LogP contribution in [0.2, 0.25) is 0 Å². The molecular weight excluding hydrogens is 142 g/mol. The van der Waals surface area contributed by atoms with E-state index in [9.17, 15) is 4.79 Å². The maximum absolute atomic E-state index is 10.8. The lowest BCUT2D eigenvalue weighted by atomic mass is 10.4. The average molecular weight is 155 g/mol. The standard InChI is InChI=1S/C8H11NO2.H2/c1-2-8(10)9-6-7-4-3-5-11-7;/h3-5H,2,6H2,1H3,(H,9,10);1H. The molecule has 0 unspecified atom stereocenters. The normalized spacial score (nSPS) is 9.55. The SMILES string of the molecule is CCC(=O)NCc1ccco1.[HH]. The Morgan fingerprint density at radius 2 is 2.64 bits per heavy atom. The third-order valence-corrected chi connectivity index (χ3v) is 1.36. The van der Waals surface area contributed by atoms with E-state index in [1.165, 1.54) is 0 Å². The molecule has 62 valence electrons. The second kappa shape index (κ2) is 3.81. The van der Waals surface area contributed by atoms with Crippen molar-refractivity contribution < 1.29 is 10.6 Å². The first kappa shape index (κ1) is 7.85. The van der Waals surface area contributed by atoms with E-state index in [0.717, 1.165) is 5.76 Å². The Morgan fingerprint density at radius 1 is 1.82 bits per heavy atom. The number of hydrogen-bond acceptors (Lipinski definition) is 2. The quantitative estimate of drug-likeness (QED) is 0.719. The van der Waals surface area contributed by atoms with Gasteiger partial charge in [0.2, 0.25) is 5.91 Å². The van der Waals surface area contributed by atoms with Crippen LogP contribution in [0, 0.1) is 0 Å². The molecule has 0 aliphatic carbocycles. The summed E-state index contributed by atoms with van der Waals surface area (Å²) in [5.74, 6) is 0.827. The zero-order chi connectivity index (χ0) is 8.10. The van der Waals surface area contributed by atoms with Crippen LogP contribution in [0.3, 0.4) is 0 Å². The minimum absolute atomic E-state index is 0. The highest BCUT2D eigenvalue weighted by Gasteiger charge is 1.97. The molecule has 1 amide bonds. The predicted octanol–water partition coefficient (Wildman–Crippen LogP) is 1.55. The third-order valence-electron chi connectivity index (χ3n) is 1.36. The van der Waals surface area contributed by atoms with E-state index in [1.807, 2.05) is 13.0 Å². The van der Waals surface area contributed by atoms with Crippen molar-refractivity contribution in [2.24, 2.45) is 0 Å². The molecular formula is C8H13NO2. The van der Waals surface area contributed by atoms with Crippen molar-refractivity contribution in [3.63, 3.8) is 0 Å². The van der Waals surface area contributed by atoms with Gasteiger partial charge in [0.05, 0.1) is 12.8 Å². The Morgan fingerprint density at radius 3 is 3.18 bits per heavy atom. The van der Waals surface area contributed by atoms with Gasteiger partial charge < -0.3 is 9.73 Å². The fraction of sp³-hybridized carbons (Fsp3) is 0.375. The van der Waals surface area contributed by atoms with Crippen molar-refractivity contribution >= 4 is 5.91 Å². The van der Waals surface area contributed by atoms with Gasteiger partial charge in [0.25, 0.3) is 0 Å². The topological polar surface area (TPSA) is 42.2 Å². The Bertz CT molecular complexity index is 221. The Hall–Kier alpha value is -1.25. The lowest BCUT2D eigenvalue weighted by Gasteiger charge is -1.98. The number of carbonyl (C=O) groups is 1. The molecule has 0 saturated heterocycles. The van der Waals surface area contributed by atoms with E-state index in [0.29, 0.717) is 13.0 Å². The highest BCUT2D eigenvalue weighted by atomic mass is 16.3. The summed E-state index contributed by atoms with van der Waals surface area (Å²) in [6.07, 6.45) is 2.11. The molecule has 0 bridgehead atoms. The summed E-state index contributed by atoms with van der Waals surface area (Å²) >= 11 is 0. The summed E-state index contributed by atoms with van der Waals surface area (Å²) in [6, 6.07) is 3.63. The van der Waals surface area contributed by atoms with E-state index in [4.69, 9.17) is 4.42 Å². The molecule has 1 aromatic rings. The summed E-state index contributed by atoms with van der Waals surface area (Å²) in [5, 5.41) is 2.70. The molecule has 11 heavy (non-hydrogen) atoms. The minimum atomic E-state index is 0. The van der Waals surface area contributed by atoms with E-state index in [-0.39, 0.29) is 7.33 Å². The van der Waals surface area contributed by atoms with Gasteiger partial charge in [-0.1, -0.05) is 6.92 Å². The summed E-state index contributed by atoms with van der Waals surface area (Å²) < 4.78 is 5.01. The van der Waals surface area contributed by atoms with Crippen LogP contribution in [-0.4, -0.2) is 5.91 Å². The second-order valence-corrected chi connectivity index (χ2v) is 2.21. The summed E-state index contributed by atoms with van der Waals surface area (Å²) in [4.78, 5) is 10.8. The Kier molecular flexibility index (Phi) is 2.72. The summed E-state index contributed by atoms with van der Waals surface area (Å²) in [5.41, 5.74) is 0. The van der Waals surface area contributed by atoms with Crippen LogP contribution < -0.4 is 5.32 Å². The van der Waals surface area contributed by atoms with Crippen molar-refractivity contribution in [1.82, 2.24) is 5.32 Å². The van der Waals surface area contributed by atoms with Gasteiger partial charge in [0.1, 0.15) is 5.76 Å². The van der Waals surface area contributed by atoms with Crippen LogP contribution in [0.5, 0.6) is 0 Å². The maximum atomic E-state index is 10.8. The molecule has 3 heteroatoms. The van der Waals surface area contributed by atoms with Gasteiger partial charge in [-0.05, 0) is 12.1 Å². The van der Waals surface area contributed by atoms with Crippen molar-refractivity contribution in [2.75, 3.05) is 0 Å². The third kappa shape index (κ3) is 2.45. The first-order chi connectivity index (χ1) is 5.33. The molecule has 0 fully saturated rings. The van der Waals surface area contributed by atoms with Crippen molar-refractivity contribution in [3.05, 3.63) is 24.2 Å². The smallest absolute Gasteiger partial charge is 0.220 e. The molecule has 1 aromatic heterocycles. The van der Waals surface area contributed by atoms with Crippen molar-refractivity contribution in [1.29, 1.82) is 0 Å². The van der Waals surface area contributed by atoms with Gasteiger partial charge in [0, 0.05) is 7.85 Å². The fourth-order valence-electron chi connectivity index (χ4n) is 0.724. The highest BCUT2D eigenvalue weighted by Crippen LogP contribution is 1.98. The van der Waals surface area contributed by atoms with Crippen LogP contribution in [-0.2, 0) is 11.3 Å². The number of hydrogen-bond donors (Lipinski definition) is 1. The van der Waals surface area contributed by atoms with E-state index < -0.39 is 0 Å². The number of rotatable bonds is 3. The van der Waals surface area contributed by atoms with Gasteiger partial charge >= 0.3 is 0 Å². The molecule has 0 radical (unpaired) electrons. The van der Waals surface area contributed by atoms with Crippen LogP contribution >= 0.6 is 0 Å². The largest absolute Gasteiger partial charge is 0.467 e. The monoisotopic (exact) mass is 155 g/mol. The molecule has 0 aromatic carbocycles. The van der Waals surface area contributed by atoms with Crippen molar-refractivity contribution in [3.8, 4) is 0 Å². The zero-order valence-corrected chi connectivity index (χ0v) is 6.46. The average Bonchev–Trinajstić information content (AvgIpc) is 2.52. The predicted molar refractivity (Wildman–Crippen MR) is 43.0 cm³/mol.